The van der Waals surface area contributed by atoms with Gasteiger partial charge in [0.15, 0.2) is 0 Å². The van der Waals surface area contributed by atoms with Gasteiger partial charge in [0.1, 0.15) is 28.9 Å². The molecule has 3 aromatic rings. The summed E-state index contributed by atoms with van der Waals surface area (Å²) in [4.78, 5) is 35.9. The molecular formula is C21H19N5O3. The first kappa shape index (κ1) is 18.6. The van der Waals surface area contributed by atoms with Gasteiger partial charge in [-0.15, -0.1) is 0 Å². The molecule has 0 unspecified atom stereocenters. The lowest BCUT2D eigenvalue weighted by Gasteiger charge is -2.38. The molecule has 8 nitrogen and oxygen atoms in total. The van der Waals surface area contributed by atoms with Gasteiger partial charge in [0.05, 0.1) is 18.5 Å². The molecule has 1 aliphatic heterocycles. The first-order valence-electron chi connectivity index (χ1n) is 9.33. The van der Waals surface area contributed by atoms with Crippen molar-refractivity contribution in [3.63, 3.8) is 0 Å². The molecule has 1 amide bonds. The van der Waals surface area contributed by atoms with E-state index in [1.165, 1.54) is 0 Å². The number of nitrogens with zero attached hydrogens (tertiary/aromatic N) is 5. The minimum Gasteiger partial charge on any atom is -0.470 e. The van der Waals surface area contributed by atoms with E-state index in [1.807, 2.05) is 24.5 Å². The van der Waals surface area contributed by atoms with Gasteiger partial charge in [-0.25, -0.2) is 9.97 Å². The molecule has 0 aliphatic carbocycles. The predicted molar refractivity (Wildman–Crippen MR) is 106 cm³/mol. The molecule has 0 aromatic carbocycles. The number of hydrogen-bond acceptors (Lipinski definition) is 6. The lowest BCUT2D eigenvalue weighted by atomic mass is 10.1. The Balaban J connectivity index is 1.55. The number of ether oxygens (including phenoxy) is 1. The van der Waals surface area contributed by atoms with Crippen molar-refractivity contribution in [2.24, 2.45) is 0 Å². The number of nitriles is 1. The number of aromatic nitrogens is 3. The van der Waals surface area contributed by atoms with Crippen molar-refractivity contribution in [3.05, 3.63) is 63.7 Å². The zero-order valence-corrected chi connectivity index (χ0v) is 16.1. The maximum Gasteiger partial charge on any atom is 0.259 e. The molecule has 0 spiro atoms. The highest BCUT2D eigenvalue weighted by Gasteiger charge is 2.35. The minimum atomic E-state index is -0.332. The summed E-state index contributed by atoms with van der Waals surface area (Å²) < 4.78 is 7.54. The fourth-order valence-corrected chi connectivity index (χ4v) is 3.33. The first-order valence-corrected chi connectivity index (χ1v) is 9.33. The molecule has 1 saturated heterocycles. The van der Waals surface area contributed by atoms with E-state index >= 15 is 0 Å². The van der Waals surface area contributed by atoms with Crippen LogP contribution in [-0.2, 0) is 6.54 Å². The summed E-state index contributed by atoms with van der Waals surface area (Å²) >= 11 is 0. The van der Waals surface area contributed by atoms with E-state index in [2.05, 4.69) is 9.97 Å². The molecule has 8 heteroatoms. The fourth-order valence-electron chi connectivity index (χ4n) is 3.33. The third-order valence-electron chi connectivity index (χ3n) is 4.94. The Hall–Kier alpha value is -3.73. The fraction of sp³-hybridized carbons (Fsp3) is 0.286. The number of fused-ring (bicyclic) bond motifs is 1. The van der Waals surface area contributed by atoms with Gasteiger partial charge in [-0.2, -0.15) is 5.26 Å². The second-order valence-corrected chi connectivity index (χ2v) is 6.90. The lowest BCUT2D eigenvalue weighted by Crippen LogP contribution is -2.57. The van der Waals surface area contributed by atoms with Crippen molar-refractivity contribution >= 4 is 16.9 Å². The van der Waals surface area contributed by atoms with Crippen LogP contribution < -0.4 is 10.2 Å². The van der Waals surface area contributed by atoms with E-state index in [4.69, 9.17) is 10.00 Å². The third-order valence-corrected chi connectivity index (χ3v) is 4.94. The summed E-state index contributed by atoms with van der Waals surface area (Å²) in [7, 11) is 0. The molecule has 1 aliphatic rings. The highest BCUT2D eigenvalue weighted by molar-refractivity contribution is 5.97. The van der Waals surface area contributed by atoms with Crippen molar-refractivity contribution in [1.29, 1.82) is 5.26 Å². The predicted octanol–water partition coefficient (Wildman–Crippen LogP) is 1.89. The smallest absolute Gasteiger partial charge is 0.259 e. The number of pyridine rings is 3. The highest BCUT2D eigenvalue weighted by Crippen LogP contribution is 2.21. The van der Waals surface area contributed by atoms with Crippen LogP contribution in [0.4, 0.5) is 0 Å². The van der Waals surface area contributed by atoms with E-state index < -0.39 is 0 Å². The van der Waals surface area contributed by atoms with E-state index in [1.54, 1.807) is 41.6 Å². The number of rotatable bonds is 4. The molecule has 4 rings (SSSR count). The quantitative estimate of drug-likeness (QED) is 0.675. The highest BCUT2D eigenvalue weighted by atomic mass is 16.5. The number of carbonyl (C=O) groups is 1. The van der Waals surface area contributed by atoms with Gasteiger partial charge in [0.2, 0.25) is 11.3 Å². The molecule has 0 bridgehead atoms. The molecule has 4 heterocycles. The average molecular weight is 389 g/mol. The number of carbonyl (C=O) groups excluding carboxylic acids is 1. The van der Waals surface area contributed by atoms with Crippen LogP contribution in [0.2, 0.25) is 0 Å². The van der Waals surface area contributed by atoms with Crippen molar-refractivity contribution in [1.82, 2.24) is 19.4 Å². The molecule has 3 aromatic heterocycles. The summed E-state index contributed by atoms with van der Waals surface area (Å²) in [5.41, 5.74) is 1.55. The Morgan fingerprint density at radius 1 is 1.34 bits per heavy atom. The SMILES string of the molecule is CCn1cc(C(=O)N2CC(Oc3ncccc3C#N)C2)c(=O)c2ccc(C)nc21. The maximum atomic E-state index is 12.9. The second-order valence-electron chi connectivity index (χ2n) is 6.90. The monoisotopic (exact) mass is 389 g/mol. The van der Waals surface area contributed by atoms with Gasteiger partial charge in [0.25, 0.3) is 5.91 Å². The minimum absolute atomic E-state index is 0.124. The van der Waals surface area contributed by atoms with Crippen LogP contribution in [0, 0.1) is 18.3 Å². The molecular weight excluding hydrogens is 370 g/mol. The van der Waals surface area contributed by atoms with Gasteiger partial charge in [-0.05, 0) is 38.1 Å². The van der Waals surface area contributed by atoms with E-state index in [0.717, 1.165) is 5.69 Å². The molecule has 0 radical (unpaired) electrons. The van der Waals surface area contributed by atoms with Crippen molar-refractivity contribution in [2.45, 2.75) is 26.5 Å². The van der Waals surface area contributed by atoms with Crippen LogP contribution in [-0.4, -0.2) is 44.5 Å². The van der Waals surface area contributed by atoms with Crippen LogP contribution in [0.1, 0.15) is 28.5 Å². The number of likely N-dealkylation sites (tertiary alicyclic amines) is 1. The maximum absolute atomic E-state index is 12.9. The van der Waals surface area contributed by atoms with E-state index in [-0.39, 0.29) is 28.9 Å². The molecule has 0 N–H and O–H groups in total. The van der Waals surface area contributed by atoms with Crippen LogP contribution in [0.15, 0.2) is 41.5 Å². The summed E-state index contributed by atoms with van der Waals surface area (Å²) in [6, 6.07) is 8.81. The van der Waals surface area contributed by atoms with Gasteiger partial charge in [-0.3, -0.25) is 9.59 Å². The molecule has 146 valence electrons. The summed E-state index contributed by atoms with van der Waals surface area (Å²) in [6.45, 7) is 5.06. The van der Waals surface area contributed by atoms with Crippen molar-refractivity contribution < 1.29 is 9.53 Å². The zero-order chi connectivity index (χ0) is 20.5. The zero-order valence-electron chi connectivity index (χ0n) is 16.1. The van der Waals surface area contributed by atoms with Crippen LogP contribution in [0.25, 0.3) is 11.0 Å². The Kier molecular flexibility index (Phi) is 4.72. The normalized spacial score (nSPS) is 13.8. The molecule has 1 fully saturated rings. The van der Waals surface area contributed by atoms with Gasteiger partial charge in [0, 0.05) is 24.6 Å². The molecule has 0 saturated carbocycles. The van der Waals surface area contributed by atoms with Crippen LogP contribution >= 0.6 is 0 Å². The van der Waals surface area contributed by atoms with Gasteiger partial charge >= 0.3 is 0 Å². The van der Waals surface area contributed by atoms with Crippen LogP contribution in [0.5, 0.6) is 5.88 Å². The summed E-state index contributed by atoms with van der Waals surface area (Å²) in [5, 5.41) is 9.55. The van der Waals surface area contributed by atoms with Crippen molar-refractivity contribution in [2.75, 3.05) is 13.1 Å². The van der Waals surface area contributed by atoms with Crippen molar-refractivity contribution in [3.8, 4) is 11.9 Å². The van der Waals surface area contributed by atoms with E-state index in [9.17, 15) is 9.59 Å². The number of hydrogen-bond donors (Lipinski definition) is 0. The summed E-state index contributed by atoms with van der Waals surface area (Å²) in [5.74, 6) is -0.0753. The average Bonchev–Trinajstić information content (AvgIpc) is 2.70. The van der Waals surface area contributed by atoms with Crippen LogP contribution in [0.3, 0.4) is 0 Å². The lowest BCUT2D eigenvalue weighted by molar-refractivity contribution is 0.0157. The second kappa shape index (κ2) is 7.36. The molecule has 29 heavy (non-hydrogen) atoms. The Morgan fingerprint density at radius 3 is 2.86 bits per heavy atom. The number of amides is 1. The Labute approximate surface area is 167 Å². The Bertz CT molecular complexity index is 1210. The standard InChI is InChI=1S/C21H19N5O3/c1-3-25-12-17(18(27)16-7-6-13(2)24-19(16)25)21(28)26-10-15(11-26)29-20-14(9-22)5-4-8-23-20/h4-8,12,15H,3,10-11H2,1-2H3. The Morgan fingerprint density at radius 2 is 2.14 bits per heavy atom. The first-order chi connectivity index (χ1) is 14.0. The topological polar surface area (TPSA) is 101 Å². The van der Waals surface area contributed by atoms with Gasteiger partial charge in [-0.1, -0.05) is 0 Å². The largest absolute Gasteiger partial charge is 0.470 e. The third kappa shape index (κ3) is 3.31. The van der Waals surface area contributed by atoms with E-state index in [0.29, 0.717) is 36.2 Å². The summed E-state index contributed by atoms with van der Waals surface area (Å²) in [6.07, 6.45) is 2.87. The van der Waals surface area contributed by atoms with Gasteiger partial charge < -0.3 is 14.2 Å². The molecule has 0 atom stereocenters. The number of aryl methyl sites for hydroxylation is 2.